The maximum atomic E-state index is 10.6. The summed E-state index contributed by atoms with van der Waals surface area (Å²) < 4.78 is 0. The highest BCUT2D eigenvalue weighted by Crippen LogP contribution is 2.31. The minimum Gasteiger partial charge on any atom is -0.465 e. The summed E-state index contributed by atoms with van der Waals surface area (Å²) in [5.74, 6) is 6.12. The van der Waals surface area contributed by atoms with Crippen LogP contribution in [0.4, 0.5) is 10.6 Å². The predicted molar refractivity (Wildman–Crippen MR) is 91.1 cm³/mol. The summed E-state index contributed by atoms with van der Waals surface area (Å²) in [5, 5.41) is 24.2. The predicted octanol–water partition coefficient (Wildman–Crippen LogP) is 2.24. The van der Waals surface area contributed by atoms with Crippen molar-refractivity contribution in [1.82, 2.24) is 15.3 Å². The highest BCUT2D eigenvalue weighted by molar-refractivity contribution is 6.28. The van der Waals surface area contributed by atoms with Gasteiger partial charge in [0.25, 0.3) is 0 Å². The highest BCUT2D eigenvalue weighted by atomic mass is 35.5. The second kappa shape index (κ2) is 8.18. The molecule has 0 radical (unpaired) electrons. The van der Waals surface area contributed by atoms with Crippen LogP contribution in [0.2, 0.25) is 5.28 Å². The lowest BCUT2D eigenvalue weighted by Crippen LogP contribution is -2.44. The molecular weight excluding hydrogens is 332 g/mol. The van der Waals surface area contributed by atoms with E-state index in [4.69, 9.17) is 16.7 Å². The normalized spacial score (nSPS) is 17.3. The Morgan fingerprint density at radius 1 is 1.46 bits per heavy atom. The smallest absolute Gasteiger partial charge is 0.405 e. The van der Waals surface area contributed by atoms with E-state index in [0.717, 1.165) is 32.1 Å². The maximum Gasteiger partial charge on any atom is 0.405 e. The molecule has 1 fully saturated rings. The Morgan fingerprint density at radius 3 is 2.79 bits per heavy atom. The minimum atomic E-state index is -1.14. The molecule has 1 saturated carbocycles. The largest absolute Gasteiger partial charge is 0.465 e. The van der Waals surface area contributed by atoms with Gasteiger partial charge in [-0.05, 0) is 31.4 Å². The number of carbonyl (C=O) groups is 1. The molecule has 1 aliphatic rings. The number of amides is 1. The monoisotopic (exact) mass is 352 g/mol. The van der Waals surface area contributed by atoms with Crippen molar-refractivity contribution in [2.45, 2.75) is 50.6 Å². The number of carboxylic acid groups (broad SMARTS) is 1. The van der Waals surface area contributed by atoms with Crippen LogP contribution >= 0.6 is 11.6 Å². The van der Waals surface area contributed by atoms with E-state index in [0.29, 0.717) is 11.4 Å². The number of halogens is 1. The van der Waals surface area contributed by atoms with Gasteiger partial charge in [0.1, 0.15) is 5.82 Å². The topological polar surface area (TPSA) is 107 Å². The van der Waals surface area contributed by atoms with E-state index < -0.39 is 17.7 Å². The van der Waals surface area contributed by atoms with Crippen LogP contribution in [0.5, 0.6) is 0 Å². The van der Waals surface area contributed by atoms with Gasteiger partial charge in [0.05, 0.1) is 23.8 Å². The number of aliphatic hydroxyl groups is 1. The first-order valence-electron chi connectivity index (χ1n) is 7.87. The molecule has 0 aliphatic heterocycles. The average Bonchev–Trinajstić information content (AvgIpc) is 2.54. The molecule has 1 unspecified atom stereocenters. The Bertz CT molecular complexity index is 650. The van der Waals surface area contributed by atoms with Crippen molar-refractivity contribution in [3.8, 4) is 11.8 Å². The fourth-order valence-corrected chi connectivity index (χ4v) is 2.89. The van der Waals surface area contributed by atoms with Gasteiger partial charge >= 0.3 is 6.09 Å². The van der Waals surface area contributed by atoms with Gasteiger partial charge < -0.3 is 20.8 Å². The van der Waals surface area contributed by atoms with Crippen molar-refractivity contribution in [1.29, 1.82) is 0 Å². The van der Waals surface area contributed by atoms with Crippen LogP contribution in [0.1, 0.15) is 44.6 Å². The Labute approximate surface area is 145 Å². The second-order valence-corrected chi connectivity index (χ2v) is 6.30. The van der Waals surface area contributed by atoms with Crippen LogP contribution in [0.15, 0.2) is 6.20 Å². The summed E-state index contributed by atoms with van der Waals surface area (Å²) in [6.45, 7) is 1.64. The molecule has 0 saturated heterocycles. The zero-order valence-corrected chi connectivity index (χ0v) is 14.2. The Morgan fingerprint density at radius 2 is 2.17 bits per heavy atom. The van der Waals surface area contributed by atoms with Crippen molar-refractivity contribution in [3.63, 3.8) is 0 Å². The van der Waals surface area contributed by atoms with Crippen molar-refractivity contribution >= 4 is 23.5 Å². The van der Waals surface area contributed by atoms with E-state index in [9.17, 15) is 9.90 Å². The molecule has 1 amide bonds. The zero-order valence-electron chi connectivity index (χ0n) is 13.5. The number of hydrogen-bond donors (Lipinski definition) is 4. The van der Waals surface area contributed by atoms with Crippen LogP contribution in [0.3, 0.4) is 0 Å². The first-order valence-corrected chi connectivity index (χ1v) is 8.24. The van der Waals surface area contributed by atoms with Crippen molar-refractivity contribution < 1.29 is 15.0 Å². The average molecular weight is 353 g/mol. The SMILES string of the molecule is CC(C#Cc1cnc(Cl)nc1NC1(CO)CCCCC1)NC(=O)O. The molecule has 1 aromatic heterocycles. The molecule has 0 spiro atoms. The Balaban J connectivity index is 2.24. The maximum absolute atomic E-state index is 10.6. The van der Waals surface area contributed by atoms with Gasteiger partial charge in [-0.1, -0.05) is 31.1 Å². The first-order chi connectivity index (χ1) is 11.4. The minimum absolute atomic E-state index is 0.00152. The Kier molecular flexibility index (Phi) is 6.23. The molecule has 130 valence electrons. The quantitative estimate of drug-likeness (QED) is 0.489. The van der Waals surface area contributed by atoms with Gasteiger partial charge in [0.2, 0.25) is 5.28 Å². The summed E-state index contributed by atoms with van der Waals surface area (Å²) >= 11 is 5.89. The van der Waals surface area contributed by atoms with Crippen molar-refractivity contribution in [3.05, 3.63) is 17.0 Å². The number of aromatic nitrogens is 2. The van der Waals surface area contributed by atoms with Crippen LogP contribution in [0.25, 0.3) is 0 Å². The molecule has 1 heterocycles. The van der Waals surface area contributed by atoms with E-state index in [1.807, 2.05) is 0 Å². The third-order valence-electron chi connectivity index (χ3n) is 4.02. The summed E-state index contributed by atoms with van der Waals surface area (Å²) in [4.78, 5) is 18.7. The summed E-state index contributed by atoms with van der Waals surface area (Å²) in [7, 11) is 0. The second-order valence-electron chi connectivity index (χ2n) is 5.97. The zero-order chi connectivity index (χ0) is 17.6. The summed E-state index contributed by atoms with van der Waals surface area (Å²) in [6.07, 6.45) is 5.26. The van der Waals surface area contributed by atoms with Crippen LogP contribution in [-0.2, 0) is 0 Å². The molecule has 8 heteroatoms. The van der Waals surface area contributed by atoms with Crippen LogP contribution in [-0.4, -0.2) is 44.5 Å². The van der Waals surface area contributed by atoms with Gasteiger partial charge in [0.15, 0.2) is 0 Å². The molecule has 7 nitrogen and oxygen atoms in total. The molecule has 4 N–H and O–H groups in total. The van der Waals surface area contributed by atoms with Gasteiger partial charge in [-0.25, -0.2) is 9.78 Å². The molecule has 1 atom stereocenters. The first kappa shape index (κ1) is 18.3. The molecule has 24 heavy (non-hydrogen) atoms. The van der Waals surface area contributed by atoms with E-state index >= 15 is 0 Å². The van der Waals surface area contributed by atoms with Gasteiger partial charge in [-0.3, -0.25) is 0 Å². The molecule has 1 aliphatic carbocycles. The summed E-state index contributed by atoms with van der Waals surface area (Å²) in [5.41, 5.74) is 0.0777. The van der Waals surface area contributed by atoms with Gasteiger partial charge in [-0.2, -0.15) is 4.98 Å². The fraction of sp³-hybridized carbons (Fsp3) is 0.562. The van der Waals surface area contributed by atoms with E-state index in [-0.39, 0.29) is 11.9 Å². The van der Waals surface area contributed by atoms with Crippen LogP contribution < -0.4 is 10.6 Å². The lowest BCUT2D eigenvalue weighted by molar-refractivity contribution is 0.172. The lowest BCUT2D eigenvalue weighted by atomic mass is 9.82. The number of hydrogen-bond acceptors (Lipinski definition) is 5. The lowest BCUT2D eigenvalue weighted by Gasteiger charge is -2.37. The van der Waals surface area contributed by atoms with E-state index in [1.54, 1.807) is 6.92 Å². The van der Waals surface area contributed by atoms with Crippen molar-refractivity contribution in [2.75, 3.05) is 11.9 Å². The molecule has 2 rings (SSSR count). The van der Waals surface area contributed by atoms with Gasteiger partial charge in [0, 0.05) is 6.20 Å². The number of nitrogens with zero attached hydrogens (tertiary/aromatic N) is 2. The number of rotatable bonds is 4. The van der Waals surface area contributed by atoms with E-state index in [1.165, 1.54) is 6.20 Å². The van der Waals surface area contributed by atoms with Gasteiger partial charge in [-0.15, -0.1) is 0 Å². The van der Waals surface area contributed by atoms with Crippen molar-refractivity contribution in [2.24, 2.45) is 0 Å². The third kappa shape index (κ3) is 4.98. The third-order valence-corrected chi connectivity index (χ3v) is 4.20. The molecular formula is C16H21ClN4O3. The van der Waals surface area contributed by atoms with E-state index in [2.05, 4.69) is 32.4 Å². The standard InChI is InChI=1S/C16H21ClN4O3/c1-11(19-15(23)24)5-6-12-9-18-14(17)20-13(12)21-16(10-22)7-3-2-4-8-16/h9,11,19,22H,2-4,7-8,10H2,1H3,(H,23,24)(H,18,20,21). The molecule has 0 aromatic carbocycles. The molecule has 0 bridgehead atoms. The Hall–Kier alpha value is -2.04. The number of anilines is 1. The number of aliphatic hydroxyl groups excluding tert-OH is 1. The number of nitrogens with one attached hydrogen (secondary N) is 2. The summed E-state index contributed by atoms with van der Waals surface area (Å²) in [6, 6.07) is -0.535. The molecule has 1 aromatic rings. The fourth-order valence-electron chi connectivity index (χ4n) is 2.76. The highest BCUT2D eigenvalue weighted by Gasteiger charge is 2.32. The van der Waals surface area contributed by atoms with Crippen LogP contribution in [0, 0.1) is 11.8 Å².